The fourth-order valence-corrected chi connectivity index (χ4v) is 2.42. The molecule has 0 aliphatic carbocycles. The monoisotopic (exact) mass is 317 g/mol. The lowest BCUT2D eigenvalue weighted by Crippen LogP contribution is -2.24. The van der Waals surface area contributed by atoms with Crippen LogP contribution in [0.2, 0.25) is 5.02 Å². The highest BCUT2D eigenvalue weighted by molar-refractivity contribution is 6.30. The SMILES string of the molecule is CCN(CC)c1ccc(N)cc1NC(=O)c1ccc(Cl)cc1. The molecule has 0 radical (unpaired) electrons. The molecule has 116 valence electrons. The molecule has 0 aliphatic rings. The van der Waals surface area contributed by atoms with Crippen molar-refractivity contribution >= 4 is 34.6 Å². The minimum absolute atomic E-state index is 0.185. The van der Waals surface area contributed by atoms with Gasteiger partial charge in [-0.3, -0.25) is 4.79 Å². The molecule has 3 N–H and O–H groups in total. The second-order valence-corrected chi connectivity index (χ2v) is 5.35. The molecule has 0 bridgehead atoms. The minimum atomic E-state index is -0.185. The third kappa shape index (κ3) is 3.71. The average molecular weight is 318 g/mol. The number of carbonyl (C=O) groups excluding carboxylic acids is 1. The number of hydrogen-bond acceptors (Lipinski definition) is 3. The first-order chi connectivity index (χ1) is 10.5. The number of nitrogens with one attached hydrogen (secondary N) is 1. The van der Waals surface area contributed by atoms with Gasteiger partial charge in [0.1, 0.15) is 0 Å². The molecular formula is C17H20ClN3O. The molecule has 0 spiro atoms. The summed E-state index contributed by atoms with van der Waals surface area (Å²) < 4.78 is 0. The van der Waals surface area contributed by atoms with Gasteiger partial charge in [0.25, 0.3) is 5.91 Å². The van der Waals surface area contributed by atoms with Crippen molar-refractivity contribution in [2.45, 2.75) is 13.8 Å². The first-order valence-electron chi connectivity index (χ1n) is 7.26. The van der Waals surface area contributed by atoms with Crippen molar-refractivity contribution < 1.29 is 4.79 Å². The summed E-state index contributed by atoms with van der Waals surface area (Å²) in [6, 6.07) is 12.3. The summed E-state index contributed by atoms with van der Waals surface area (Å²) >= 11 is 5.85. The number of nitrogens with zero attached hydrogens (tertiary/aromatic N) is 1. The summed E-state index contributed by atoms with van der Waals surface area (Å²) in [5.74, 6) is -0.185. The van der Waals surface area contributed by atoms with Crippen molar-refractivity contribution in [1.29, 1.82) is 0 Å². The molecule has 0 saturated carbocycles. The lowest BCUT2D eigenvalue weighted by atomic mass is 10.1. The molecule has 5 heteroatoms. The number of rotatable bonds is 5. The van der Waals surface area contributed by atoms with E-state index in [-0.39, 0.29) is 5.91 Å². The maximum Gasteiger partial charge on any atom is 0.255 e. The zero-order valence-electron chi connectivity index (χ0n) is 12.8. The van der Waals surface area contributed by atoms with E-state index in [4.69, 9.17) is 17.3 Å². The lowest BCUT2D eigenvalue weighted by molar-refractivity contribution is 0.102. The molecule has 2 aromatic carbocycles. The van der Waals surface area contributed by atoms with Crippen LogP contribution in [-0.4, -0.2) is 19.0 Å². The van der Waals surface area contributed by atoms with Crippen LogP contribution in [-0.2, 0) is 0 Å². The molecule has 0 saturated heterocycles. The second-order valence-electron chi connectivity index (χ2n) is 4.91. The Balaban J connectivity index is 2.29. The molecule has 4 nitrogen and oxygen atoms in total. The molecule has 0 atom stereocenters. The van der Waals surface area contributed by atoms with Crippen LogP contribution < -0.4 is 16.0 Å². The summed E-state index contributed by atoms with van der Waals surface area (Å²) in [6.07, 6.45) is 0. The minimum Gasteiger partial charge on any atom is -0.399 e. The van der Waals surface area contributed by atoms with Crippen molar-refractivity contribution in [3.05, 3.63) is 53.1 Å². The third-order valence-electron chi connectivity index (χ3n) is 3.48. The number of amides is 1. The van der Waals surface area contributed by atoms with Gasteiger partial charge in [-0.1, -0.05) is 11.6 Å². The molecule has 2 rings (SSSR count). The van der Waals surface area contributed by atoms with Gasteiger partial charge in [0.15, 0.2) is 0 Å². The van der Waals surface area contributed by atoms with Gasteiger partial charge >= 0.3 is 0 Å². The Bertz CT molecular complexity index is 651. The molecule has 1 amide bonds. The van der Waals surface area contributed by atoms with Crippen LogP contribution in [0.1, 0.15) is 24.2 Å². The molecule has 0 unspecified atom stereocenters. The summed E-state index contributed by atoms with van der Waals surface area (Å²) in [7, 11) is 0. The molecule has 0 aromatic heterocycles. The summed E-state index contributed by atoms with van der Waals surface area (Å²) in [5, 5.41) is 3.53. The average Bonchev–Trinajstić information content (AvgIpc) is 2.51. The Morgan fingerprint density at radius 2 is 1.77 bits per heavy atom. The van der Waals surface area contributed by atoms with Crippen LogP contribution in [0.5, 0.6) is 0 Å². The van der Waals surface area contributed by atoms with Gasteiger partial charge in [-0.25, -0.2) is 0 Å². The number of nitrogen functional groups attached to an aromatic ring is 1. The van der Waals surface area contributed by atoms with E-state index in [1.807, 2.05) is 12.1 Å². The van der Waals surface area contributed by atoms with E-state index in [0.717, 1.165) is 18.8 Å². The van der Waals surface area contributed by atoms with Crippen LogP contribution in [0.3, 0.4) is 0 Å². The van der Waals surface area contributed by atoms with Crippen molar-refractivity contribution in [2.75, 3.05) is 29.0 Å². The highest BCUT2D eigenvalue weighted by Crippen LogP contribution is 2.28. The second kappa shape index (κ2) is 7.18. The first kappa shape index (κ1) is 16.2. The fraction of sp³-hybridized carbons (Fsp3) is 0.235. The van der Waals surface area contributed by atoms with Gasteiger partial charge in [0.2, 0.25) is 0 Å². The van der Waals surface area contributed by atoms with Gasteiger partial charge in [-0.2, -0.15) is 0 Å². The normalized spacial score (nSPS) is 10.3. The smallest absolute Gasteiger partial charge is 0.255 e. The van der Waals surface area contributed by atoms with E-state index in [1.165, 1.54) is 0 Å². The topological polar surface area (TPSA) is 58.4 Å². The third-order valence-corrected chi connectivity index (χ3v) is 3.73. The van der Waals surface area contributed by atoms with E-state index in [2.05, 4.69) is 24.1 Å². The number of nitrogens with two attached hydrogens (primary N) is 1. The predicted octanol–water partition coefficient (Wildman–Crippen LogP) is 4.02. The maximum absolute atomic E-state index is 12.4. The molecule has 0 fully saturated rings. The Morgan fingerprint density at radius 1 is 1.14 bits per heavy atom. The van der Waals surface area contributed by atoms with E-state index < -0.39 is 0 Å². The quantitative estimate of drug-likeness (QED) is 0.819. The largest absolute Gasteiger partial charge is 0.399 e. The molecular weight excluding hydrogens is 298 g/mol. The van der Waals surface area contributed by atoms with Crippen LogP contribution in [0.15, 0.2) is 42.5 Å². The van der Waals surface area contributed by atoms with Gasteiger partial charge in [0.05, 0.1) is 11.4 Å². The van der Waals surface area contributed by atoms with Gasteiger partial charge in [-0.05, 0) is 56.3 Å². The van der Waals surface area contributed by atoms with Crippen LogP contribution in [0.4, 0.5) is 17.1 Å². The fourth-order valence-electron chi connectivity index (χ4n) is 2.29. The zero-order valence-corrected chi connectivity index (χ0v) is 13.5. The van der Waals surface area contributed by atoms with Crippen molar-refractivity contribution in [2.24, 2.45) is 0 Å². The summed E-state index contributed by atoms with van der Waals surface area (Å²) in [5.41, 5.74) is 8.70. The van der Waals surface area contributed by atoms with Crippen molar-refractivity contribution in [1.82, 2.24) is 0 Å². The van der Waals surface area contributed by atoms with Gasteiger partial charge in [0, 0.05) is 29.4 Å². The maximum atomic E-state index is 12.4. The Morgan fingerprint density at radius 3 is 2.36 bits per heavy atom. The standard InChI is InChI=1S/C17H20ClN3O/c1-3-21(4-2)16-10-9-14(19)11-15(16)20-17(22)12-5-7-13(18)8-6-12/h5-11H,3-4,19H2,1-2H3,(H,20,22). The molecule has 0 heterocycles. The van der Waals surface area contributed by atoms with E-state index in [1.54, 1.807) is 30.3 Å². The van der Waals surface area contributed by atoms with E-state index in [9.17, 15) is 4.79 Å². The van der Waals surface area contributed by atoms with E-state index in [0.29, 0.717) is 22.0 Å². The Hall–Kier alpha value is -2.20. The lowest BCUT2D eigenvalue weighted by Gasteiger charge is -2.24. The van der Waals surface area contributed by atoms with E-state index >= 15 is 0 Å². The van der Waals surface area contributed by atoms with Crippen molar-refractivity contribution in [3.63, 3.8) is 0 Å². The summed E-state index contributed by atoms with van der Waals surface area (Å²) in [4.78, 5) is 14.5. The molecule has 2 aromatic rings. The van der Waals surface area contributed by atoms with Crippen LogP contribution in [0.25, 0.3) is 0 Å². The number of carbonyl (C=O) groups is 1. The Labute approximate surface area is 135 Å². The number of hydrogen-bond donors (Lipinski definition) is 2. The molecule has 22 heavy (non-hydrogen) atoms. The van der Waals surface area contributed by atoms with Crippen LogP contribution >= 0.6 is 11.6 Å². The van der Waals surface area contributed by atoms with Gasteiger partial charge in [-0.15, -0.1) is 0 Å². The number of halogens is 1. The highest BCUT2D eigenvalue weighted by atomic mass is 35.5. The van der Waals surface area contributed by atoms with Crippen LogP contribution in [0, 0.1) is 0 Å². The zero-order chi connectivity index (χ0) is 16.1. The number of anilines is 3. The predicted molar refractivity (Wildman–Crippen MR) is 93.8 cm³/mol. The number of benzene rings is 2. The van der Waals surface area contributed by atoms with Crippen molar-refractivity contribution in [3.8, 4) is 0 Å². The highest BCUT2D eigenvalue weighted by Gasteiger charge is 2.13. The first-order valence-corrected chi connectivity index (χ1v) is 7.64. The molecule has 0 aliphatic heterocycles. The Kier molecular flexibility index (Phi) is 5.28. The van der Waals surface area contributed by atoms with Gasteiger partial charge < -0.3 is 16.0 Å². The summed E-state index contributed by atoms with van der Waals surface area (Å²) in [6.45, 7) is 5.85.